The molecule has 0 aliphatic carbocycles. The van der Waals surface area contributed by atoms with Crippen molar-refractivity contribution in [3.8, 4) is 0 Å². The van der Waals surface area contributed by atoms with E-state index in [1.54, 1.807) is 6.20 Å². The van der Waals surface area contributed by atoms with Crippen molar-refractivity contribution in [2.45, 2.75) is 37.8 Å². The molecule has 2 atom stereocenters. The average molecular weight is 406 g/mol. The molecule has 0 aliphatic heterocycles. The monoisotopic (exact) mass is 405 g/mol. The third kappa shape index (κ3) is 6.00. The molecule has 0 saturated carbocycles. The molecule has 2 rings (SSSR count). The number of benzene rings is 1. The zero-order valence-electron chi connectivity index (χ0n) is 15.6. The molecule has 0 aliphatic rings. The summed E-state index contributed by atoms with van der Waals surface area (Å²) in [5, 5.41) is 6.27. The van der Waals surface area contributed by atoms with E-state index in [-0.39, 0.29) is 18.1 Å². The fraction of sp³-hybridized carbons (Fsp3) is 0.421. The molecule has 0 unspecified atom stereocenters. The minimum atomic E-state index is -0.892. The molecule has 9 heteroatoms. The van der Waals surface area contributed by atoms with Crippen molar-refractivity contribution in [3.05, 3.63) is 36.0 Å². The SMILES string of the molecule is NCCCC[C@H](NC(=O)CS)C(=O)N[C@@H](Cc1c[nH]c2ccccc12)C(N)=O. The summed E-state index contributed by atoms with van der Waals surface area (Å²) >= 11 is 3.92. The highest BCUT2D eigenvalue weighted by atomic mass is 32.1. The van der Waals surface area contributed by atoms with Gasteiger partial charge in [-0.1, -0.05) is 18.2 Å². The van der Waals surface area contributed by atoms with Gasteiger partial charge in [-0.3, -0.25) is 14.4 Å². The fourth-order valence-corrected chi connectivity index (χ4v) is 3.11. The Labute approximate surface area is 169 Å². The van der Waals surface area contributed by atoms with Gasteiger partial charge in [0.25, 0.3) is 0 Å². The average Bonchev–Trinajstić information content (AvgIpc) is 3.09. The smallest absolute Gasteiger partial charge is 0.243 e. The Morgan fingerprint density at radius 2 is 1.86 bits per heavy atom. The van der Waals surface area contributed by atoms with Crippen LogP contribution in [0.2, 0.25) is 0 Å². The number of carbonyl (C=O) groups excluding carboxylic acids is 3. The Morgan fingerprint density at radius 3 is 2.54 bits per heavy atom. The van der Waals surface area contributed by atoms with Crippen LogP contribution in [0.1, 0.15) is 24.8 Å². The minimum Gasteiger partial charge on any atom is -0.368 e. The van der Waals surface area contributed by atoms with Gasteiger partial charge in [0.05, 0.1) is 5.75 Å². The number of aromatic amines is 1. The molecule has 0 fully saturated rings. The van der Waals surface area contributed by atoms with Crippen LogP contribution in [-0.4, -0.2) is 47.1 Å². The maximum atomic E-state index is 12.7. The van der Waals surface area contributed by atoms with Crippen LogP contribution >= 0.6 is 12.6 Å². The van der Waals surface area contributed by atoms with Crippen LogP contribution < -0.4 is 22.1 Å². The van der Waals surface area contributed by atoms with Crippen molar-refractivity contribution in [2.24, 2.45) is 11.5 Å². The quantitative estimate of drug-likeness (QED) is 0.235. The summed E-state index contributed by atoms with van der Waals surface area (Å²) in [7, 11) is 0. The first-order valence-electron chi connectivity index (χ1n) is 9.21. The predicted octanol–water partition coefficient (Wildman–Crippen LogP) is 0.224. The van der Waals surface area contributed by atoms with Crippen LogP contribution in [0.4, 0.5) is 0 Å². The molecule has 8 nitrogen and oxygen atoms in total. The number of aromatic nitrogens is 1. The first-order valence-corrected chi connectivity index (χ1v) is 9.84. The lowest BCUT2D eigenvalue weighted by Crippen LogP contribution is -2.53. The molecule has 28 heavy (non-hydrogen) atoms. The zero-order valence-corrected chi connectivity index (χ0v) is 16.5. The molecule has 0 spiro atoms. The number of H-pyrrole nitrogens is 1. The minimum absolute atomic E-state index is 0.0325. The summed E-state index contributed by atoms with van der Waals surface area (Å²) in [6, 6.07) is 6.01. The lowest BCUT2D eigenvalue weighted by Gasteiger charge is -2.21. The normalized spacial score (nSPS) is 13.1. The van der Waals surface area contributed by atoms with Gasteiger partial charge < -0.3 is 27.1 Å². The number of hydrogen-bond acceptors (Lipinski definition) is 5. The molecule has 1 heterocycles. The highest BCUT2D eigenvalue weighted by Crippen LogP contribution is 2.19. The highest BCUT2D eigenvalue weighted by molar-refractivity contribution is 7.81. The third-order valence-corrected chi connectivity index (χ3v) is 4.79. The molecule has 3 amide bonds. The van der Waals surface area contributed by atoms with E-state index in [1.807, 2.05) is 24.3 Å². The highest BCUT2D eigenvalue weighted by Gasteiger charge is 2.26. The van der Waals surface area contributed by atoms with E-state index >= 15 is 0 Å². The van der Waals surface area contributed by atoms with Gasteiger partial charge in [-0.25, -0.2) is 0 Å². The van der Waals surface area contributed by atoms with E-state index < -0.39 is 23.9 Å². The van der Waals surface area contributed by atoms with Crippen molar-refractivity contribution in [1.29, 1.82) is 0 Å². The van der Waals surface area contributed by atoms with E-state index in [0.29, 0.717) is 19.4 Å². The van der Waals surface area contributed by atoms with Crippen molar-refractivity contribution < 1.29 is 14.4 Å². The number of fused-ring (bicyclic) bond motifs is 1. The number of para-hydroxylation sites is 1. The van der Waals surface area contributed by atoms with Gasteiger partial charge in [0.2, 0.25) is 17.7 Å². The van der Waals surface area contributed by atoms with Gasteiger partial charge >= 0.3 is 0 Å². The van der Waals surface area contributed by atoms with E-state index in [2.05, 4.69) is 28.2 Å². The Bertz CT molecular complexity index is 823. The topological polar surface area (TPSA) is 143 Å². The number of unbranched alkanes of at least 4 members (excludes halogenated alkanes) is 1. The largest absolute Gasteiger partial charge is 0.368 e. The number of primary amides is 1. The van der Waals surface area contributed by atoms with Gasteiger partial charge in [-0.05, 0) is 37.4 Å². The first kappa shape index (κ1) is 21.8. The van der Waals surface area contributed by atoms with Crippen LogP contribution in [0.15, 0.2) is 30.5 Å². The number of thiol groups is 1. The van der Waals surface area contributed by atoms with Gasteiger partial charge in [-0.15, -0.1) is 0 Å². The Morgan fingerprint density at radius 1 is 1.11 bits per heavy atom. The predicted molar refractivity (Wildman–Crippen MR) is 112 cm³/mol. The summed E-state index contributed by atoms with van der Waals surface area (Å²) < 4.78 is 0. The Balaban J connectivity index is 2.10. The van der Waals surface area contributed by atoms with Crippen LogP contribution in [0, 0.1) is 0 Å². The second-order valence-corrected chi connectivity index (χ2v) is 6.91. The zero-order chi connectivity index (χ0) is 20.5. The second kappa shape index (κ2) is 10.7. The Kier molecular flexibility index (Phi) is 8.34. The summed E-state index contributed by atoms with van der Waals surface area (Å²) in [5.74, 6) is -1.48. The van der Waals surface area contributed by atoms with E-state index in [0.717, 1.165) is 22.9 Å². The molecule has 2 aromatic rings. The number of carbonyl (C=O) groups is 3. The summed E-state index contributed by atoms with van der Waals surface area (Å²) in [6.45, 7) is 0.499. The van der Waals surface area contributed by atoms with Crippen molar-refractivity contribution in [3.63, 3.8) is 0 Å². The maximum absolute atomic E-state index is 12.7. The standard InChI is InChI=1S/C19H27N5O3S/c20-8-4-3-7-15(23-17(25)11-28)19(27)24-16(18(21)26)9-12-10-22-14-6-2-1-5-13(12)14/h1-2,5-6,10,15-16,22,28H,3-4,7-9,11,20H2,(H2,21,26)(H,23,25)(H,24,27)/t15-,16-/m0/s1. The maximum Gasteiger partial charge on any atom is 0.243 e. The molecular formula is C19H27N5O3S. The van der Waals surface area contributed by atoms with E-state index in [4.69, 9.17) is 11.5 Å². The van der Waals surface area contributed by atoms with E-state index in [1.165, 1.54) is 0 Å². The van der Waals surface area contributed by atoms with Gasteiger partial charge in [-0.2, -0.15) is 12.6 Å². The molecule has 0 saturated heterocycles. The summed E-state index contributed by atoms with van der Waals surface area (Å²) in [6.07, 6.45) is 3.87. The van der Waals surface area contributed by atoms with Crippen molar-refractivity contribution in [1.82, 2.24) is 15.6 Å². The van der Waals surface area contributed by atoms with Gasteiger partial charge in [0.15, 0.2) is 0 Å². The van der Waals surface area contributed by atoms with Gasteiger partial charge in [0, 0.05) is 23.5 Å². The number of rotatable bonds is 11. The Hall–Kier alpha value is -2.52. The van der Waals surface area contributed by atoms with Crippen LogP contribution in [-0.2, 0) is 20.8 Å². The summed E-state index contributed by atoms with van der Waals surface area (Å²) in [5.41, 5.74) is 12.8. The number of nitrogens with two attached hydrogens (primary N) is 2. The molecule has 152 valence electrons. The molecule has 0 bridgehead atoms. The number of hydrogen-bond donors (Lipinski definition) is 6. The molecular weight excluding hydrogens is 378 g/mol. The first-order chi connectivity index (χ1) is 13.5. The van der Waals surface area contributed by atoms with E-state index in [9.17, 15) is 14.4 Å². The summed E-state index contributed by atoms with van der Waals surface area (Å²) in [4.78, 5) is 39.5. The van der Waals surface area contributed by atoms with Crippen LogP contribution in [0.25, 0.3) is 10.9 Å². The van der Waals surface area contributed by atoms with Crippen molar-refractivity contribution >= 4 is 41.3 Å². The third-order valence-electron chi connectivity index (χ3n) is 4.50. The molecule has 1 aromatic carbocycles. The molecule has 7 N–H and O–H groups in total. The number of nitrogens with one attached hydrogen (secondary N) is 3. The lowest BCUT2D eigenvalue weighted by molar-refractivity contribution is -0.130. The number of amides is 3. The van der Waals surface area contributed by atoms with Gasteiger partial charge in [0.1, 0.15) is 12.1 Å². The molecule has 1 aromatic heterocycles. The van der Waals surface area contributed by atoms with Crippen LogP contribution in [0.3, 0.4) is 0 Å². The van der Waals surface area contributed by atoms with Crippen LogP contribution in [0.5, 0.6) is 0 Å². The fourth-order valence-electron chi connectivity index (χ4n) is 3.02. The second-order valence-electron chi connectivity index (χ2n) is 6.59. The molecule has 0 radical (unpaired) electrons. The lowest BCUT2D eigenvalue weighted by atomic mass is 10.0. The van der Waals surface area contributed by atoms with Crippen molar-refractivity contribution in [2.75, 3.05) is 12.3 Å².